The van der Waals surface area contributed by atoms with Crippen molar-refractivity contribution in [3.05, 3.63) is 64.3 Å². The van der Waals surface area contributed by atoms with Gasteiger partial charge in [0.1, 0.15) is 0 Å². The number of nitrogen functional groups attached to an aromatic ring is 1. The number of nitrogens with two attached hydrogens (primary N) is 1. The molecule has 0 amide bonds. The largest absolute Gasteiger partial charge is 0.466 e. The van der Waals surface area contributed by atoms with E-state index >= 15 is 0 Å². The number of benzene rings is 2. The van der Waals surface area contributed by atoms with Crippen LogP contribution in [-0.2, 0) is 16.1 Å². The summed E-state index contributed by atoms with van der Waals surface area (Å²) < 4.78 is 6.51. The van der Waals surface area contributed by atoms with E-state index < -0.39 is 5.97 Å². The van der Waals surface area contributed by atoms with Gasteiger partial charge in [0.2, 0.25) is 0 Å². The molecular weight excluding hydrogens is 338 g/mol. The number of hydrogen-bond acceptors (Lipinski definition) is 4. The molecule has 3 rings (SSSR count). The highest BCUT2D eigenvalue weighted by molar-refractivity contribution is 6.30. The first-order valence-corrected chi connectivity index (χ1v) is 8.13. The standard InChI is InChI=1S/C19H18ClN3O2/c1-12-9-14(20)4-3-13(12)11-23-18-10-15(21)5-6-16(18)17(22-23)7-8-19(24)25-2/h3-10H,11,21H2,1-2H3/b8-7+. The van der Waals surface area contributed by atoms with E-state index in [1.807, 2.05) is 48.0 Å². The zero-order chi connectivity index (χ0) is 18.0. The molecule has 0 radical (unpaired) electrons. The second-order valence-electron chi connectivity index (χ2n) is 5.75. The van der Waals surface area contributed by atoms with E-state index in [2.05, 4.69) is 9.84 Å². The van der Waals surface area contributed by atoms with Crippen molar-refractivity contribution in [2.75, 3.05) is 12.8 Å². The van der Waals surface area contributed by atoms with Crippen LogP contribution in [0.15, 0.2) is 42.5 Å². The van der Waals surface area contributed by atoms with Gasteiger partial charge in [0, 0.05) is 22.2 Å². The Morgan fingerprint density at radius 3 is 2.84 bits per heavy atom. The lowest BCUT2D eigenvalue weighted by Crippen LogP contribution is -2.03. The smallest absolute Gasteiger partial charge is 0.330 e. The van der Waals surface area contributed by atoms with Crippen molar-refractivity contribution in [2.45, 2.75) is 13.5 Å². The van der Waals surface area contributed by atoms with E-state index in [0.29, 0.717) is 22.9 Å². The maximum atomic E-state index is 11.4. The van der Waals surface area contributed by atoms with Crippen LogP contribution in [0.1, 0.15) is 16.8 Å². The number of methoxy groups -OCH3 is 1. The highest BCUT2D eigenvalue weighted by Crippen LogP contribution is 2.24. The number of halogens is 1. The van der Waals surface area contributed by atoms with Crippen LogP contribution in [0.3, 0.4) is 0 Å². The minimum absolute atomic E-state index is 0.424. The second-order valence-corrected chi connectivity index (χ2v) is 6.18. The molecule has 1 heterocycles. The van der Waals surface area contributed by atoms with Gasteiger partial charge in [0.15, 0.2) is 0 Å². The SMILES string of the molecule is COC(=O)/C=C/c1nn(Cc2ccc(Cl)cc2C)c2cc(N)ccc12. The lowest BCUT2D eigenvalue weighted by molar-refractivity contribution is -0.134. The van der Waals surface area contributed by atoms with Gasteiger partial charge in [0.05, 0.1) is 24.9 Å². The number of carbonyl (C=O) groups is 1. The van der Waals surface area contributed by atoms with Crippen LogP contribution in [0, 0.1) is 6.92 Å². The van der Waals surface area contributed by atoms with Gasteiger partial charge in [0.25, 0.3) is 0 Å². The van der Waals surface area contributed by atoms with Gasteiger partial charge >= 0.3 is 5.97 Å². The number of anilines is 1. The predicted octanol–water partition coefficient (Wildman–Crippen LogP) is 3.81. The minimum atomic E-state index is -0.424. The molecule has 0 aliphatic carbocycles. The van der Waals surface area contributed by atoms with Crippen molar-refractivity contribution in [1.82, 2.24) is 9.78 Å². The number of ether oxygens (including phenoxy) is 1. The first-order chi connectivity index (χ1) is 12.0. The van der Waals surface area contributed by atoms with Crippen LogP contribution < -0.4 is 5.73 Å². The first-order valence-electron chi connectivity index (χ1n) is 7.75. The van der Waals surface area contributed by atoms with Crippen LogP contribution >= 0.6 is 11.6 Å². The molecule has 0 unspecified atom stereocenters. The minimum Gasteiger partial charge on any atom is -0.466 e. The van der Waals surface area contributed by atoms with Crippen LogP contribution in [0.2, 0.25) is 5.02 Å². The van der Waals surface area contributed by atoms with Crippen molar-refractivity contribution >= 4 is 40.2 Å². The van der Waals surface area contributed by atoms with Crippen LogP contribution in [0.25, 0.3) is 17.0 Å². The second kappa shape index (κ2) is 6.99. The number of carbonyl (C=O) groups excluding carboxylic acids is 1. The summed E-state index contributed by atoms with van der Waals surface area (Å²) in [5.41, 5.74) is 10.4. The number of fused-ring (bicyclic) bond motifs is 1. The number of nitrogens with zero attached hydrogens (tertiary/aromatic N) is 2. The number of hydrogen-bond donors (Lipinski definition) is 1. The van der Waals surface area contributed by atoms with Crippen molar-refractivity contribution < 1.29 is 9.53 Å². The molecule has 0 spiro atoms. The van der Waals surface area contributed by atoms with Crippen molar-refractivity contribution in [1.29, 1.82) is 0 Å². The quantitative estimate of drug-likeness (QED) is 0.439. The number of aryl methyl sites for hydroxylation is 1. The van der Waals surface area contributed by atoms with Gasteiger partial charge in [-0.25, -0.2) is 4.79 Å². The molecule has 0 saturated heterocycles. The Morgan fingerprint density at radius 1 is 1.32 bits per heavy atom. The van der Waals surface area contributed by atoms with E-state index in [1.54, 1.807) is 6.08 Å². The maximum absolute atomic E-state index is 11.4. The summed E-state index contributed by atoms with van der Waals surface area (Å²) >= 11 is 6.03. The highest BCUT2D eigenvalue weighted by Gasteiger charge is 2.11. The zero-order valence-electron chi connectivity index (χ0n) is 14.0. The summed E-state index contributed by atoms with van der Waals surface area (Å²) in [6.07, 6.45) is 3.01. The molecule has 0 aliphatic rings. The third kappa shape index (κ3) is 3.67. The van der Waals surface area contributed by atoms with E-state index in [-0.39, 0.29) is 0 Å². The fraction of sp³-hybridized carbons (Fsp3) is 0.158. The summed E-state index contributed by atoms with van der Waals surface area (Å²) in [5, 5.41) is 6.25. The Kier molecular flexibility index (Phi) is 4.76. The molecule has 0 aliphatic heterocycles. The molecule has 0 fully saturated rings. The molecule has 128 valence electrons. The van der Waals surface area contributed by atoms with E-state index in [0.717, 1.165) is 22.0 Å². The molecule has 25 heavy (non-hydrogen) atoms. The van der Waals surface area contributed by atoms with Crippen LogP contribution in [0.4, 0.5) is 5.69 Å². The molecule has 0 bridgehead atoms. The van der Waals surface area contributed by atoms with Crippen molar-refractivity contribution in [3.63, 3.8) is 0 Å². The topological polar surface area (TPSA) is 70.1 Å². The van der Waals surface area contributed by atoms with E-state index in [9.17, 15) is 4.79 Å². The Bertz CT molecular complexity index is 976. The van der Waals surface area contributed by atoms with Gasteiger partial charge < -0.3 is 10.5 Å². The summed E-state index contributed by atoms with van der Waals surface area (Å²) in [6.45, 7) is 2.59. The first kappa shape index (κ1) is 17.0. The summed E-state index contributed by atoms with van der Waals surface area (Å²) in [4.78, 5) is 11.4. The number of rotatable bonds is 4. The number of aromatic nitrogens is 2. The van der Waals surface area contributed by atoms with Crippen LogP contribution in [0.5, 0.6) is 0 Å². The predicted molar refractivity (Wildman–Crippen MR) is 100 cm³/mol. The van der Waals surface area contributed by atoms with Gasteiger partial charge in [-0.05, 0) is 54.5 Å². The highest BCUT2D eigenvalue weighted by atomic mass is 35.5. The Morgan fingerprint density at radius 2 is 2.12 bits per heavy atom. The average molecular weight is 356 g/mol. The normalized spacial score (nSPS) is 11.3. The fourth-order valence-electron chi connectivity index (χ4n) is 2.67. The van der Waals surface area contributed by atoms with E-state index in [1.165, 1.54) is 13.2 Å². The van der Waals surface area contributed by atoms with Gasteiger partial charge in [-0.2, -0.15) is 5.10 Å². The molecule has 5 nitrogen and oxygen atoms in total. The van der Waals surface area contributed by atoms with Crippen molar-refractivity contribution in [2.24, 2.45) is 0 Å². The molecule has 1 aromatic heterocycles. The van der Waals surface area contributed by atoms with Crippen LogP contribution in [-0.4, -0.2) is 22.9 Å². The van der Waals surface area contributed by atoms with E-state index in [4.69, 9.17) is 17.3 Å². The molecule has 0 atom stereocenters. The Labute approximate surface area is 150 Å². The molecular formula is C19H18ClN3O2. The summed E-state index contributed by atoms with van der Waals surface area (Å²) in [7, 11) is 1.34. The molecule has 2 N–H and O–H groups in total. The summed E-state index contributed by atoms with van der Waals surface area (Å²) in [5.74, 6) is -0.424. The molecule has 2 aromatic carbocycles. The fourth-order valence-corrected chi connectivity index (χ4v) is 2.90. The molecule has 3 aromatic rings. The Balaban J connectivity index is 2.06. The third-order valence-electron chi connectivity index (χ3n) is 4.01. The average Bonchev–Trinajstić information content (AvgIpc) is 2.92. The van der Waals surface area contributed by atoms with Gasteiger partial charge in [-0.15, -0.1) is 0 Å². The third-order valence-corrected chi connectivity index (χ3v) is 4.24. The molecule has 6 heteroatoms. The Hall–Kier alpha value is -2.79. The lowest BCUT2D eigenvalue weighted by Gasteiger charge is -2.08. The number of esters is 1. The van der Waals surface area contributed by atoms with Gasteiger partial charge in [-0.1, -0.05) is 17.7 Å². The monoisotopic (exact) mass is 355 g/mol. The maximum Gasteiger partial charge on any atom is 0.330 e. The van der Waals surface area contributed by atoms with Crippen molar-refractivity contribution in [3.8, 4) is 0 Å². The van der Waals surface area contributed by atoms with Gasteiger partial charge in [-0.3, -0.25) is 4.68 Å². The lowest BCUT2D eigenvalue weighted by atomic mass is 10.1. The molecule has 0 saturated carbocycles. The summed E-state index contributed by atoms with van der Waals surface area (Å²) in [6, 6.07) is 11.4. The zero-order valence-corrected chi connectivity index (χ0v) is 14.7.